The van der Waals surface area contributed by atoms with Crippen molar-refractivity contribution in [2.75, 3.05) is 0 Å². The molecule has 0 unspecified atom stereocenters. The molecule has 0 heterocycles. The van der Waals surface area contributed by atoms with Crippen LogP contribution in [0, 0.1) is 0 Å². The molecule has 21 heavy (non-hydrogen) atoms. The SMILES string of the molecule is [SiH3]O[SiH2]CCc1ccc2ccc3cccc4ccc1c2c34. The maximum atomic E-state index is 5.47. The minimum atomic E-state index is -0.285. The van der Waals surface area contributed by atoms with Crippen LogP contribution in [-0.4, -0.2) is 20.2 Å². The molecular formula is C18H18OSi2. The summed E-state index contributed by atoms with van der Waals surface area (Å²) in [6, 6.07) is 21.5. The van der Waals surface area contributed by atoms with E-state index in [0.717, 1.165) is 16.9 Å². The second-order valence-corrected chi connectivity index (χ2v) is 9.10. The van der Waals surface area contributed by atoms with Gasteiger partial charge in [0.05, 0.1) is 0 Å². The summed E-state index contributed by atoms with van der Waals surface area (Å²) in [6.07, 6.45) is 1.16. The average molecular weight is 307 g/mol. The van der Waals surface area contributed by atoms with E-state index >= 15 is 0 Å². The zero-order valence-corrected chi connectivity index (χ0v) is 15.6. The molecule has 3 heteroatoms. The van der Waals surface area contributed by atoms with Crippen LogP contribution >= 0.6 is 0 Å². The molecule has 0 aliphatic heterocycles. The number of benzene rings is 4. The van der Waals surface area contributed by atoms with Crippen LogP contribution in [0.2, 0.25) is 6.04 Å². The van der Waals surface area contributed by atoms with Gasteiger partial charge in [0, 0.05) is 0 Å². The Morgan fingerprint density at radius 1 is 0.810 bits per heavy atom. The van der Waals surface area contributed by atoms with Gasteiger partial charge in [0.2, 0.25) is 0 Å². The Morgan fingerprint density at radius 3 is 2.24 bits per heavy atom. The quantitative estimate of drug-likeness (QED) is 0.320. The third-order valence-corrected chi connectivity index (χ3v) is 6.69. The molecule has 0 amide bonds. The van der Waals surface area contributed by atoms with Gasteiger partial charge in [0.1, 0.15) is 20.2 Å². The molecule has 0 N–H and O–H groups in total. The second kappa shape index (κ2) is 5.26. The van der Waals surface area contributed by atoms with Crippen molar-refractivity contribution in [3.8, 4) is 0 Å². The summed E-state index contributed by atoms with van der Waals surface area (Å²) in [5.74, 6) is 0. The highest BCUT2D eigenvalue weighted by Gasteiger charge is 2.10. The number of rotatable bonds is 4. The van der Waals surface area contributed by atoms with Crippen LogP contribution in [-0.2, 0) is 10.5 Å². The topological polar surface area (TPSA) is 9.23 Å². The molecule has 0 saturated heterocycles. The third-order valence-electron chi connectivity index (χ3n) is 4.41. The van der Waals surface area contributed by atoms with E-state index in [-0.39, 0.29) is 9.76 Å². The molecule has 0 atom stereocenters. The van der Waals surface area contributed by atoms with E-state index in [1.807, 2.05) is 0 Å². The fraction of sp³-hybridized carbons (Fsp3) is 0.111. The minimum Gasteiger partial charge on any atom is -0.468 e. The Kier molecular flexibility index (Phi) is 3.26. The lowest BCUT2D eigenvalue weighted by molar-refractivity contribution is 0.659. The van der Waals surface area contributed by atoms with Gasteiger partial charge in [-0.25, -0.2) is 0 Å². The largest absolute Gasteiger partial charge is 0.468 e. The van der Waals surface area contributed by atoms with Crippen molar-refractivity contribution < 1.29 is 4.12 Å². The Hall–Kier alpha value is -1.69. The first-order valence-electron chi connectivity index (χ1n) is 7.53. The standard InChI is InChI=1S/C18H18OSi2/c20-19-21-11-10-12-4-5-15-7-6-13-2-1-3-14-8-9-16(12)18(15)17(13)14/h1-9H,10-11,21H2,20H3. The van der Waals surface area contributed by atoms with E-state index in [1.165, 1.54) is 43.9 Å². The number of hydrogen-bond acceptors (Lipinski definition) is 1. The van der Waals surface area contributed by atoms with Crippen LogP contribution < -0.4 is 0 Å². The maximum Gasteiger partial charge on any atom is 0.146 e. The van der Waals surface area contributed by atoms with E-state index in [4.69, 9.17) is 4.12 Å². The fourth-order valence-electron chi connectivity index (χ4n) is 3.42. The van der Waals surface area contributed by atoms with Crippen molar-refractivity contribution in [2.24, 2.45) is 0 Å². The van der Waals surface area contributed by atoms with E-state index in [9.17, 15) is 0 Å². The zero-order valence-electron chi connectivity index (χ0n) is 12.2. The zero-order chi connectivity index (χ0) is 14.2. The van der Waals surface area contributed by atoms with Gasteiger partial charge in [-0.05, 0) is 50.3 Å². The Labute approximate surface area is 129 Å². The van der Waals surface area contributed by atoms with Crippen molar-refractivity contribution in [3.05, 3.63) is 60.2 Å². The predicted molar refractivity (Wildman–Crippen MR) is 98.2 cm³/mol. The average Bonchev–Trinajstić information content (AvgIpc) is 2.54. The summed E-state index contributed by atoms with van der Waals surface area (Å²) in [5.41, 5.74) is 1.48. The summed E-state index contributed by atoms with van der Waals surface area (Å²) >= 11 is 0. The molecule has 4 aromatic rings. The summed E-state index contributed by atoms with van der Waals surface area (Å²) in [7, 11) is 0.612. The normalized spacial score (nSPS) is 12.6. The minimum absolute atomic E-state index is 0.285. The van der Waals surface area contributed by atoms with Gasteiger partial charge in [-0.3, -0.25) is 0 Å². The van der Waals surface area contributed by atoms with Crippen molar-refractivity contribution in [1.82, 2.24) is 0 Å². The summed E-state index contributed by atoms with van der Waals surface area (Å²) in [5, 5.41) is 8.34. The van der Waals surface area contributed by atoms with Gasteiger partial charge in [0.25, 0.3) is 0 Å². The summed E-state index contributed by atoms with van der Waals surface area (Å²) in [6.45, 7) is 0. The van der Waals surface area contributed by atoms with Crippen molar-refractivity contribution in [3.63, 3.8) is 0 Å². The highest BCUT2D eigenvalue weighted by Crippen LogP contribution is 2.36. The van der Waals surface area contributed by atoms with Crippen LogP contribution in [0.15, 0.2) is 54.6 Å². The fourth-order valence-corrected chi connectivity index (χ4v) is 5.10. The third kappa shape index (κ3) is 2.09. The van der Waals surface area contributed by atoms with Gasteiger partial charge in [0.15, 0.2) is 0 Å². The first kappa shape index (κ1) is 13.0. The van der Waals surface area contributed by atoms with Crippen molar-refractivity contribution in [1.29, 1.82) is 0 Å². The molecule has 4 aromatic carbocycles. The van der Waals surface area contributed by atoms with E-state index in [2.05, 4.69) is 54.6 Å². The predicted octanol–water partition coefficient (Wildman–Crippen LogP) is 2.93. The lowest BCUT2D eigenvalue weighted by atomic mass is 9.91. The maximum absolute atomic E-state index is 5.47. The van der Waals surface area contributed by atoms with E-state index < -0.39 is 0 Å². The molecule has 4 rings (SSSR count). The van der Waals surface area contributed by atoms with Gasteiger partial charge >= 0.3 is 0 Å². The molecule has 0 fully saturated rings. The van der Waals surface area contributed by atoms with E-state index in [0.29, 0.717) is 0 Å². The molecule has 0 aliphatic carbocycles. The molecular weight excluding hydrogens is 288 g/mol. The summed E-state index contributed by atoms with van der Waals surface area (Å²) in [4.78, 5) is 0. The molecule has 0 saturated carbocycles. The molecule has 0 radical (unpaired) electrons. The van der Waals surface area contributed by atoms with Gasteiger partial charge < -0.3 is 4.12 Å². The van der Waals surface area contributed by atoms with Crippen LogP contribution in [0.5, 0.6) is 0 Å². The Bertz CT molecular complexity index is 901. The lowest BCUT2D eigenvalue weighted by Gasteiger charge is -2.13. The Morgan fingerprint density at radius 2 is 1.48 bits per heavy atom. The molecule has 0 bridgehead atoms. The summed E-state index contributed by atoms with van der Waals surface area (Å²) < 4.78 is 5.47. The second-order valence-electron chi connectivity index (χ2n) is 5.68. The number of aryl methyl sites for hydroxylation is 1. The number of hydrogen-bond donors (Lipinski definition) is 0. The smallest absolute Gasteiger partial charge is 0.146 e. The molecule has 104 valence electrons. The van der Waals surface area contributed by atoms with Crippen LogP contribution in [0.1, 0.15) is 5.56 Å². The highest BCUT2D eigenvalue weighted by atomic mass is 28.3. The lowest BCUT2D eigenvalue weighted by Crippen LogP contribution is -1.97. The van der Waals surface area contributed by atoms with Crippen LogP contribution in [0.4, 0.5) is 0 Å². The Balaban J connectivity index is 2.01. The molecule has 0 aliphatic rings. The molecule has 0 aromatic heterocycles. The van der Waals surface area contributed by atoms with E-state index in [1.54, 1.807) is 0 Å². The monoisotopic (exact) mass is 306 g/mol. The molecule has 0 spiro atoms. The first-order valence-corrected chi connectivity index (χ1v) is 9.92. The first-order chi connectivity index (χ1) is 10.4. The van der Waals surface area contributed by atoms with Crippen molar-refractivity contribution in [2.45, 2.75) is 12.5 Å². The molecule has 1 nitrogen and oxygen atoms in total. The highest BCUT2D eigenvalue weighted by molar-refractivity contribution is 6.34. The van der Waals surface area contributed by atoms with Crippen molar-refractivity contribution >= 4 is 52.6 Å². The van der Waals surface area contributed by atoms with Gasteiger partial charge in [-0.15, -0.1) is 0 Å². The van der Waals surface area contributed by atoms with Crippen LogP contribution in [0.25, 0.3) is 32.3 Å². The van der Waals surface area contributed by atoms with Crippen LogP contribution in [0.3, 0.4) is 0 Å². The van der Waals surface area contributed by atoms with Gasteiger partial charge in [-0.2, -0.15) is 0 Å². The van der Waals surface area contributed by atoms with Gasteiger partial charge in [-0.1, -0.05) is 54.6 Å².